The van der Waals surface area contributed by atoms with Gasteiger partial charge >= 0.3 is 5.97 Å². The molecular formula is C42H82AcB2F4O8P2S2. The minimum absolute atomic E-state index is 0. The van der Waals surface area contributed by atoms with E-state index in [1.807, 2.05) is 13.8 Å². The number of hydrogen-bond donors (Lipinski definition) is 3. The molecule has 2 rings (SSSR count). The molecule has 19 heteroatoms. The van der Waals surface area contributed by atoms with E-state index in [-0.39, 0.29) is 123 Å². The number of halogens is 4. The van der Waals surface area contributed by atoms with Gasteiger partial charge < -0.3 is 32.7 Å². The number of aliphatic hydroxyl groups is 2. The van der Waals surface area contributed by atoms with Crippen LogP contribution in [0, 0.1) is 67.7 Å². The molecule has 357 valence electrons. The van der Waals surface area contributed by atoms with Crippen molar-refractivity contribution in [1.29, 1.82) is 7.90 Å². The molecule has 2 aliphatic carbocycles. The van der Waals surface area contributed by atoms with Gasteiger partial charge in [0.2, 0.25) is 0 Å². The summed E-state index contributed by atoms with van der Waals surface area (Å²) >= 11 is 1.52. The van der Waals surface area contributed by atoms with Crippen LogP contribution in [0.2, 0.25) is 0 Å². The van der Waals surface area contributed by atoms with E-state index < -0.39 is 76.6 Å². The van der Waals surface area contributed by atoms with Crippen LogP contribution in [0.1, 0.15) is 175 Å². The van der Waals surface area contributed by atoms with Crippen LogP contribution in [0.3, 0.4) is 0 Å². The number of carboxylic acid groups (broad SMARTS) is 1. The van der Waals surface area contributed by atoms with E-state index in [2.05, 4.69) is 6.92 Å². The van der Waals surface area contributed by atoms with Crippen LogP contribution in [0.5, 0.6) is 0 Å². The topological polar surface area (TPSA) is 115 Å². The first-order valence-electron chi connectivity index (χ1n) is 25.9. The van der Waals surface area contributed by atoms with Gasteiger partial charge in [0.15, 0.2) is 0 Å². The normalized spacial score (nSPS) is 26.8. The van der Waals surface area contributed by atoms with Crippen molar-refractivity contribution in [3.63, 3.8) is 0 Å². The van der Waals surface area contributed by atoms with E-state index in [4.69, 9.17) is 30.4 Å². The molecule has 0 spiro atoms. The zero-order valence-electron chi connectivity index (χ0n) is 43.1. The number of hydrogen-bond acceptors (Lipinski definition) is 9. The van der Waals surface area contributed by atoms with Crippen LogP contribution in [0.4, 0.5) is 17.6 Å². The summed E-state index contributed by atoms with van der Waals surface area (Å²) in [5, 5.41) is 30.0. The van der Waals surface area contributed by atoms with Gasteiger partial charge in [-0.1, -0.05) is 85.0 Å². The standard InChI is InChI=1S/C21H40BF2O5PS.C21H42BF2O3PS.Ac/c1-2-3-12-21(23,24)19(29-31-14-22)11-10-16-15(17(25)13-18(16)28-30)8-6-4-5-7-9-20(26)27;1-3-5-7-8-9-10-16-17(19(26-28)14-18(16)25)11-12-20(27-29-15-22)21(23,24)13-6-4-2;/h15-19,25H,2-14,22,30H2,1H3,(H,26,27);16-20,25H,3-15,22,28H2,1-2H3;/t15-,16-,17+,18-,19?;16-,17-,18+,19-,20?;/m11./s1/i22TD,30T;22TD,28T;/t15-,16-,17+,18-,19?,30?;16-,17-,18+,19-,20?,28?;. The summed E-state index contributed by atoms with van der Waals surface area (Å²) < 4.78 is 126. The Labute approximate surface area is 426 Å². The Morgan fingerprint density at radius 1 is 0.721 bits per heavy atom. The van der Waals surface area contributed by atoms with Crippen LogP contribution in [0.25, 0.3) is 0 Å². The molecular weight excluding hydrogens is 1080 g/mol. The van der Waals surface area contributed by atoms with Gasteiger partial charge in [-0.3, -0.25) is 4.79 Å². The molecule has 0 aromatic carbocycles. The summed E-state index contributed by atoms with van der Waals surface area (Å²) in [4.78, 5) is 10.6. The maximum Gasteiger partial charge on any atom is 0.303 e. The number of carboxylic acids is 1. The third-order valence-electron chi connectivity index (χ3n) is 12.3. The van der Waals surface area contributed by atoms with Crippen LogP contribution >= 0.6 is 42.9 Å². The predicted molar refractivity (Wildman–Crippen MR) is 252 cm³/mol. The molecule has 0 heterocycles. The van der Waals surface area contributed by atoms with Gasteiger partial charge in [0.05, 0.1) is 27.0 Å². The molecule has 0 bridgehead atoms. The minimum atomic E-state index is -3.03. The van der Waals surface area contributed by atoms with Gasteiger partial charge in [-0.15, -0.1) is 0 Å². The first-order valence-corrected chi connectivity index (χ1v) is 25.3. The van der Waals surface area contributed by atoms with Crippen molar-refractivity contribution in [3.8, 4) is 0 Å². The van der Waals surface area contributed by atoms with Crippen molar-refractivity contribution in [3.05, 3.63) is 0 Å². The molecule has 2 saturated carbocycles. The number of aliphatic hydroxyl groups excluding tert-OH is 2. The summed E-state index contributed by atoms with van der Waals surface area (Å²) in [6.07, 6.45) is 9.39. The second-order valence-electron chi connectivity index (χ2n) is 16.7. The summed E-state index contributed by atoms with van der Waals surface area (Å²) in [7, 11) is -3.22. The number of carbonyl (C=O) groups is 1. The molecule has 8 nitrogen and oxygen atoms in total. The molecule has 3 N–H and O–H groups in total. The second kappa shape index (κ2) is 37.0. The Balaban J connectivity index is 0.00000128. The molecule has 2 fully saturated rings. The third kappa shape index (κ3) is 25.3. The van der Waals surface area contributed by atoms with Gasteiger partial charge in [0, 0.05) is 95.0 Å². The third-order valence-corrected chi connectivity index (χ3v) is 13.9. The van der Waals surface area contributed by atoms with Crippen LogP contribution in [-0.4, -0.2) is 105 Å². The molecule has 0 aromatic rings. The summed E-state index contributed by atoms with van der Waals surface area (Å²) in [6, 6.07) is 0. The summed E-state index contributed by atoms with van der Waals surface area (Å²) in [5.74, 6) is -7.17. The predicted octanol–water partition coefficient (Wildman–Crippen LogP) is 10.6. The van der Waals surface area contributed by atoms with Crippen molar-refractivity contribution in [1.82, 2.24) is 0 Å². The van der Waals surface area contributed by atoms with Crippen molar-refractivity contribution < 1.29 is 99.2 Å². The Morgan fingerprint density at radius 2 is 1.13 bits per heavy atom. The molecule has 0 aromatic heterocycles. The maximum absolute atomic E-state index is 14.9. The van der Waals surface area contributed by atoms with Crippen molar-refractivity contribution in [2.75, 3.05) is 11.3 Å². The maximum atomic E-state index is 14.9. The van der Waals surface area contributed by atoms with E-state index in [1.165, 1.54) is 19.3 Å². The monoisotopic (exact) mass is 1180 g/mol. The minimum Gasteiger partial charge on any atom is -0.481 e. The fraction of sp³-hybridized carbons (Fsp3) is 0.976. The van der Waals surface area contributed by atoms with E-state index in [9.17, 15) is 32.6 Å². The first kappa shape index (κ1) is 52.5. The van der Waals surface area contributed by atoms with Gasteiger partial charge in [-0.2, -0.15) is 0 Å². The van der Waals surface area contributed by atoms with E-state index >= 15 is 0 Å². The van der Waals surface area contributed by atoms with E-state index in [1.54, 1.807) is 0 Å². The Bertz CT molecular complexity index is 1250. The van der Waals surface area contributed by atoms with Gasteiger partial charge in [0.25, 0.3) is 11.8 Å². The molecule has 12 atom stereocenters. The SMILES string of the molecule is [2H]B([3H])CSOC(CC[C@@H]1[C@@H](CCCCCCC(=O)O)[C@@H](O)C[C@H]1OP[3H])C(F)(F)CCCC.[2H]B([3H])CSOC(CC[C@@H]1[C@@H](CCCCCCC)[C@@H](O)C[C@H]1OP[3H])C(F)(F)CCCC.[Ac]. The number of aliphatic carboxylic acids is 1. The molecule has 2 aliphatic rings. The molecule has 0 saturated heterocycles. The van der Waals surface area contributed by atoms with E-state index in [0.717, 1.165) is 62.6 Å². The van der Waals surface area contributed by atoms with Crippen LogP contribution in [-0.2, 0) is 22.2 Å². The average Bonchev–Trinajstić information content (AvgIpc) is 3.71. The molecule has 61 heavy (non-hydrogen) atoms. The fourth-order valence-electron chi connectivity index (χ4n) is 8.91. The zero-order chi connectivity index (χ0) is 49.5. The van der Waals surface area contributed by atoms with E-state index in [0.29, 0.717) is 64.2 Å². The van der Waals surface area contributed by atoms with Crippen LogP contribution < -0.4 is 0 Å². The largest absolute Gasteiger partial charge is 0.481 e. The smallest absolute Gasteiger partial charge is 0.303 e. The van der Waals surface area contributed by atoms with Crippen LogP contribution in [0.15, 0.2) is 0 Å². The Morgan fingerprint density at radius 3 is 1.51 bits per heavy atom. The van der Waals surface area contributed by atoms with Crippen molar-refractivity contribution >= 4 is 64.4 Å². The van der Waals surface area contributed by atoms with Gasteiger partial charge in [-0.25, -0.2) is 17.6 Å². The zero-order valence-corrected chi connectivity index (χ0v) is 45.5. The average molecular weight is 1180 g/mol. The fourth-order valence-corrected chi connectivity index (χ4v) is 10.4. The van der Waals surface area contributed by atoms with Gasteiger partial charge in [0.1, 0.15) is 27.8 Å². The second-order valence-corrected chi connectivity index (χ2v) is 18.7. The summed E-state index contributed by atoms with van der Waals surface area (Å²) in [5.41, 5.74) is 0.00723. The molecule has 0 aliphatic heterocycles. The summed E-state index contributed by atoms with van der Waals surface area (Å²) in [6.45, 7) is 5.89. The van der Waals surface area contributed by atoms with Crippen molar-refractivity contribution in [2.24, 2.45) is 23.7 Å². The Hall–Kier alpha value is 2.08. The number of alkyl halides is 4. The number of unbranched alkanes of at least 4 members (excludes halogenated alkanes) is 9. The molecule has 4 unspecified atom stereocenters. The number of rotatable bonds is 39. The Kier molecular flexibility index (Phi) is 31.8. The first-order chi connectivity index (χ1) is 31.4. The quantitative estimate of drug-likeness (QED) is 0.0181. The molecule has 1 radical (unpaired) electrons. The van der Waals surface area contributed by atoms with Gasteiger partial charge in [-0.05, 0) is 122 Å². The molecule has 0 amide bonds. The van der Waals surface area contributed by atoms with Crippen molar-refractivity contribution in [2.45, 2.75) is 223 Å².